The van der Waals surface area contributed by atoms with E-state index in [1.54, 1.807) is 4.90 Å². The molecule has 0 atom stereocenters. The molecular weight excluding hydrogens is 528 g/mol. The highest BCUT2D eigenvalue weighted by Crippen LogP contribution is 2.34. The normalized spacial score (nSPS) is 17.1. The topological polar surface area (TPSA) is 92.3 Å². The van der Waals surface area contributed by atoms with Crippen molar-refractivity contribution in [2.75, 3.05) is 39.6 Å². The molecule has 0 bridgehead atoms. The molecule has 204 valence electrons. The van der Waals surface area contributed by atoms with Crippen LogP contribution in [0, 0.1) is 11.7 Å². The SMILES string of the molecule is NC(=NO)c1cc(F)c(OC/C(S)=C(\CN2CCC(C(F)(F)F)CC2)NCF)cc1OCC(F)(F)F. The highest BCUT2D eigenvalue weighted by Gasteiger charge is 2.41. The molecule has 0 radical (unpaired) electrons. The highest BCUT2D eigenvalue weighted by atomic mass is 32.1. The predicted molar refractivity (Wildman–Crippen MR) is 116 cm³/mol. The lowest BCUT2D eigenvalue weighted by atomic mass is 9.96. The van der Waals surface area contributed by atoms with Crippen molar-refractivity contribution in [3.05, 3.63) is 34.1 Å². The summed E-state index contributed by atoms with van der Waals surface area (Å²) in [7, 11) is 0. The Bertz CT molecular complexity index is 948. The molecule has 1 fully saturated rings. The number of alkyl halides is 7. The van der Waals surface area contributed by atoms with Gasteiger partial charge in [-0.25, -0.2) is 8.78 Å². The summed E-state index contributed by atoms with van der Waals surface area (Å²) in [5.41, 5.74) is 5.08. The van der Waals surface area contributed by atoms with Gasteiger partial charge in [0.2, 0.25) is 0 Å². The smallest absolute Gasteiger partial charge is 0.422 e. The van der Waals surface area contributed by atoms with E-state index in [0.717, 1.165) is 6.07 Å². The van der Waals surface area contributed by atoms with Crippen LogP contribution in [0.2, 0.25) is 0 Å². The van der Waals surface area contributed by atoms with E-state index in [1.165, 1.54) is 0 Å². The molecule has 36 heavy (non-hydrogen) atoms. The van der Waals surface area contributed by atoms with Gasteiger partial charge in [0.1, 0.15) is 12.4 Å². The van der Waals surface area contributed by atoms with Gasteiger partial charge >= 0.3 is 12.4 Å². The quantitative estimate of drug-likeness (QED) is 0.0663. The number of nitrogens with zero attached hydrogens (tertiary/aromatic N) is 2. The summed E-state index contributed by atoms with van der Waals surface area (Å²) in [6.07, 6.45) is -9.27. The van der Waals surface area contributed by atoms with Gasteiger partial charge in [0.15, 0.2) is 30.8 Å². The molecule has 0 spiro atoms. The minimum atomic E-state index is -4.74. The summed E-state index contributed by atoms with van der Waals surface area (Å²) in [4.78, 5) is 1.73. The van der Waals surface area contributed by atoms with Gasteiger partial charge in [-0.3, -0.25) is 4.90 Å². The van der Waals surface area contributed by atoms with Crippen molar-refractivity contribution in [3.8, 4) is 11.5 Å². The molecule has 4 N–H and O–H groups in total. The van der Waals surface area contributed by atoms with Crippen LogP contribution < -0.4 is 20.5 Å². The number of oxime groups is 1. The molecule has 1 aliphatic rings. The van der Waals surface area contributed by atoms with Crippen LogP contribution in [0.3, 0.4) is 0 Å². The van der Waals surface area contributed by atoms with Gasteiger partial charge in [-0.1, -0.05) is 5.16 Å². The molecule has 16 heteroatoms. The van der Waals surface area contributed by atoms with Gasteiger partial charge < -0.3 is 25.7 Å². The van der Waals surface area contributed by atoms with E-state index in [2.05, 4.69) is 27.8 Å². The lowest BCUT2D eigenvalue weighted by Crippen LogP contribution is -2.41. The molecule has 2 rings (SSSR count). The summed E-state index contributed by atoms with van der Waals surface area (Å²) in [5, 5.41) is 13.8. The van der Waals surface area contributed by atoms with E-state index in [-0.39, 0.29) is 43.1 Å². The molecule has 1 aromatic carbocycles. The molecule has 1 heterocycles. The molecular formula is C20H24F8N4O3S. The fraction of sp³-hybridized carbons (Fsp3) is 0.550. The summed E-state index contributed by atoms with van der Waals surface area (Å²) in [5.74, 6) is -4.38. The third-order valence-corrected chi connectivity index (χ3v) is 5.63. The number of hydrogen-bond acceptors (Lipinski definition) is 7. The number of amidine groups is 1. The van der Waals surface area contributed by atoms with Crippen molar-refractivity contribution in [2.45, 2.75) is 25.2 Å². The second kappa shape index (κ2) is 12.6. The second-order valence-electron chi connectivity index (χ2n) is 7.78. The maximum Gasteiger partial charge on any atom is 0.422 e. The number of halogens is 8. The maximum absolute atomic E-state index is 14.5. The molecule has 1 aliphatic heterocycles. The number of likely N-dealkylation sites (tertiary alicyclic amines) is 1. The summed E-state index contributed by atoms with van der Waals surface area (Å²) >= 11 is 4.20. The minimum Gasteiger partial charge on any atom is -0.485 e. The first-order valence-electron chi connectivity index (χ1n) is 10.4. The molecule has 0 saturated carbocycles. The first-order valence-corrected chi connectivity index (χ1v) is 10.8. The Labute approximate surface area is 206 Å². The zero-order valence-corrected chi connectivity index (χ0v) is 19.5. The lowest BCUT2D eigenvalue weighted by molar-refractivity contribution is -0.184. The molecule has 1 saturated heterocycles. The third-order valence-electron chi connectivity index (χ3n) is 5.23. The number of rotatable bonds is 10. The number of piperidine rings is 1. The average molecular weight is 552 g/mol. The zero-order valence-electron chi connectivity index (χ0n) is 18.6. The van der Waals surface area contributed by atoms with E-state index in [9.17, 15) is 35.1 Å². The van der Waals surface area contributed by atoms with Crippen LogP contribution in [0.25, 0.3) is 0 Å². The van der Waals surface area contributed by atoms with Crippen LogP contribution in [-0.2, 0) is 0 Å². The number of nitrogens with two attached hydrogens (primary N) is 1. The van der Waals surface area contributed by atoms with Crippen molar-refractivity contribution < 1.29 is 49.8 Å². The standard InChI is InChI=1S/C20H24F8N4O3S/c21-10-30-14(7-32-3-1-11(2-4-32)20(26,27)28)17(36)8-34-16-6-15(35-9-19(23,24)25)12(5-13(16)22)18(29)31-33/h5-6,11,30,33,36H,1-4,7-10H2,(H2,29,31)/b17-14-. The number of ether oxygens (including phenoxy) is 2. The van der Waals surface area contributed by atoms with Gasteiger partial charge in [-0.2, -0.15) is 26.3 Å². The number of thiol groups is 1. The minimum absolute atomic E-state index is 0.0154. The van der Waals surface area contributed by atoms with Crippen LogP contribution in [0.5, 0.6) is 11.5 Å². The predicted octanol–water partition coefficient (Wildman–Crippen LogP) is 4.17. The second-order valence-corrected chi connectivity index (χ2v) is 8.32. The van der Waals surface area contributed by atoms with Crippen LogP contribution in [0.4, 0.5) is 35.1 Å². The van der Waals surface area contributed by atoms with E-state index in [0.29, 0.717) is 6.07 Å². The van der Waals surface area contributed by atoms with Crippen molar-refractivity contribution in [1.82, 2.24) is 10.2 Å². The van der Waals surface area contributed by atoms with Crippen LogP contribution in [0.1, 0.15) is 18.4 Å². The monoisotopic (exact) mass is 552 g/mol. The Morgan fingerprint density at radius 3 is 2.31 bits per heavy atom. The zero-order chi connectivity index (χ0) is 27.1. The third kappa shape index (κ3) is 8.80. The first kappa shape index (κ1) is 29.6. The Hall–Kier alpha value is -2.62. The molecule has 0 aromatic heterocycles. The fourth-order valence-electron chi connectivity index (χ4n) is 3.38. The van der Waals surface area contributed by atoms with Crippen molar-refractivity contribution in [2.24, 2.45) is 16.8 Å². The van der Waals surface area contributed by atoms with E-state index in [1.807, 2.05) is 0 Å². The molecule has 0 amide bonds. The fourth-order valence-corrected chi connectivity index (χ4v) is 3.60. The molecule has 1 aromatic rings. The molecule has 7 nitrogen and oxygen atoms in total. The van der Waals surface area contributed by atoms with Gasteiger partial charge in [-0.15, -0.1) is 12.6 Å². The van der Waals surface area contributed by atoms with E-state index < -0.39 is 67.0 Å². The Morgan fingerprint density at radius 1 is 1.14 bits per heavy atom. The van der Waals surface area contributed by atoms with E-state index >= 15 is 0 Å². The maximum atomic E-state index is 14.5. The van der Waals surface area contributed by atoms with Gasteiger partial charge in [0.25, 0.3) is 0 Å². The van der Waals surface area contributed by atoms with Crippen molar-refractivity contribution in [1.29, 1.82) is 0 Å². The highest BCUT2D eigenvalue weighted by molar-refractivity contribution is 7.84. The van der Waals surface area contributed by atoms with Crippen molar-refractivity contribution >= 4 is 18.5 Å². The number of nitrogens with one attached hydrogen (secondary N) is 1. The van der Waals surface area contributed by atoms with Gasteiger partial charge in [0.05, 0.1) is 11.5 Å². The number of benzene rings is 1. The average Bonchev–Trinajstić information content (AvgIpc) is 2.80. The Balaban J connectivity index is 2.16. The largest absolute Gasteiger partial charge is 0.485 e. The van der Waals surface area contributed by atoms with Gasteiger partial charge in [0, 0.05) is 23.2 Å². The summed E-state index contributed by atoms with van der Waals surface area (Å²) in [6, 6.07) is 1.41. The number of hydrogen-bond donors (Lipinski definition) is 4. The van der Waals surface area contributed by atoms with Gasteiger partial charge in [-0.05, 0) is 32.0 Å². The first-order chi connectivity index (χ1) is 16.7. The lowest BCUT2D eigenvalue weighted by Gasteiger charge is -2.33. The molecule has 0 aliphatic carbocycles. The van der Waals surface area contributed by atoms with Crippen LogP contribution >= 0.6 is 12.6 Å². The van der Waals surface area contributed by atoms with Crippen molar-refractivity contribution in [3.63, 3.8) is 0 Å². The van der Waals surface area contributed by atoms with E-state index in [4.69, 9.17) is 15.7 Å². The van der Waals surface area contributed by atoms with Crippen LogP contribution in [0.15, 0.2) is 27.9 Å². The Morgan fingerprint density at radius 2 is 1.78 bits per heavy atom. The van der Waals surface area contributed by atoms with Crippen LogP contribution in [-0.4, -0.2) is 67.9 Å². The summed E-state index contributed by atoms with van der Waals surface area (Å²) in [6.45, 7) is -3.03. The Kier molecular flexibility index (Phi) is 10.3. The molecule has 0 unspecified atom stereocenters. The summed E-state index contributed by atoms with van der Waals surface area (Å²) < 4.78 is 114.